The Hall–Kier alpha value is -1.86. The second-order valence-electron chi connectivity index (χ2n) is 4.66. The number of halogens is 1. The summed E-state index contributed by atoms with van der Waals surface area (Å²) < 4.78 is 28.2. The molecule has 0 aliphatic heterocycles. The normalized spacial score (nSPS) is 11.7. The summed E-state index contributed by atoms with van der Waals surface area (Å²) >= 11 is 3.41. The van der Waals surface area contributed by atoms with Gasteiger partial charge in [-0.15, -0.1) is 0 Å². The summed E-state index contributed by atoms with van der Waals surface area (Å²) in [6, 6.07) is 11.5. The fraction of sp³-hybridized carbons (Fsp3) is 0.0714. The van der Waals surface area contributed by atoms with Crippen molar-refractivity contribution in [3.8, 4) is 11.1 Å². The van der Waals surface area contributed by atoms with Gasteiger partial charge in [-0.1, -0.05) is 30.3 Å². The molecule has 0 fully saturated rings. The van der Waals surface area contributed by atoms with E-state index in [-0.39, 0.29) is 0 Å². The zero-order chi connectivity index (χ0) is 15.0. The molecule has 5 nitrogen and oxygen atoms in total. The van der Waals surface area contributed by atoms with Gasteiger partial charge >= 0.3 is 0 Å². The van der Waals surface area contributed by atoms with Crippen LogP contribution in [-0.4, -0.2) is 24.1 Å². The van der Waals surface area contributed by atoms with Crippen LogP contribution in [0.15, 0.2) is 53.4 Å². The third kappa shape index (κ3) is 2.93. The fourth-order valence-corrected chi connectivity index (χ4v) is 3.04. The molecular weight excluding hydrogens is 354 g/mol. The average molecular weight is 366 g/mol. The first kappa shape index (κ1) is 14.1. The number of anilines is 1. The van der Waals surface area contributed by atoms with Gasteiger partial charge in [0.05, 0.1) is 18.1 Å². The van der Waals surface area contributed by atoms with Crippen LogP contribution in [0.25, 0.3) is 16.8 Å². The molecule has 0 unspecified atom stereocenters. The maximum atomic E-state index is 11.5. The van der Waals surface area contributed by atoms with Gasteiger partial charge in [0, 0.05) is 11.8 Å². The second kappa shape index (κ2) is 5.16. The molecule has 0 spiro atoms. The maximum Gasteiger partial charge on any atom is 0.229 e. The number of rotatable bonds is 3. The molecule has 0 saturated carbocycles. The van der Waals surface area contributed by atoms with Gasteiger partial charge in [-0.2, -0.15) is 0 Å². The van der Waals surface area contributed by atoms with Crippen molar-refractivity contribution in [2.75, 3.05) is 11.0 Å². The minimum Gasteiger partial charge on any atom is -0.292 e. The van der Waals surface area contributed by atoms with Crippen LogP contribution in [0.4, 0.5) is 5.69 Å². The first-order chi connectivity index (χ1) is 9.94. The molecule has 1 N–H and O–H groups in total. The van der Waals surface area contributed by atoms with Crippen LogP contribution in [0.5, 0.6) is 0 Å². The van der Waals surface area contributed by atoms with Crippen LogP contribution >= 0.6 is 15.9 Å². The molecule has 0 atom stereocenters. The third-order valence-electron chi connectivity index (χ3n) is 2.96. The van der Waals surface area contributed by atoms with Crippen LogP contribution in [-0.2, 0) is 10.0 Å². The number of imidazole rings is 1. The lowest BCUT2D eigenvalue weighted by Gasteiger charge is -2.10. The van der Waals surface area contributed by atoms with E-state index >= 15 is 0 Å². The van der Waals surface area contributed by atoms with Crippen molar-refractivity contribution in [2.24, 2.45) is 0 Å². The number of fused-ring (bicyclic) bond motifs is 1. The highest BCUT2D eigenvalue weighted by molar-refractivity contribution is 9.10. The van der Waals surface area contributed by atoms with Crippen LogP contribution in [0.3, 0.4) is 0 Å². The summed E-state index contributed by atoms with van der Waals surface area (Å²) in [5, 5.41) is 0. The average Bonchev–Trinajstić information content (AvgIpc) is 2.80. The van der Waals surface area contributed by atoms with Crippen molar-refractivity contribution in [2.45, 2.75) is 0 Å². The van der Waals surface area contributed by atoms with Crippen molar-refractivity contribution in [3.05, 3.63) is 53.4 Å². The molecule has 0 saturated heterocycles. The SMILES string of the molecule is CS(=O)(=O)Nc1cc(-c2ccccc2)cn2c(Br)cnc12. The molecule has 2 heterocycles. The quantitative estimate of drug-likeness (QED) is 0.775. The van der Waals surface area contributed by atoms with Gasteiger partial charge in [0.1, 0.15) is 4.60 Å². The van der Waals surface area contributed by atoms with Crippen LogP contribution in [0, 0.1) is 0 Å². The summed E-state index contributed by atoms with van der Waals surface area (Å²) in [6.07, 6.45) is 4.67. The number of nitrogens with zero attached hydrogens (tertiary/aromatic N) is 2. The van der Waals surface area contributed by atoms with Crippen molar-refractivity contribution < 1.29 is 8.42 Å². The van der Waals surface area contributed by atoms with E-state index in [4.69, 9.17) is 0 Å². The molecule has 21 heavy (non-hydrogen) atoms. The van der Waals surface area contributed by atoms with Crippen molar-refractivity contribution >= 4 is 37.3 Å². The zero-order valence-corrected chi connectivity index (χ0v) is 13.5. The predicted molar refractivity (Wildman–Crippen MR) is 86.8 cm³/mol. The number of pyridine rings is 1. The Kier molecular flexibility index (Phi) is 3.46. The van der Waals surface area contributed by atoms with Gasteiger partial charge in [-0.05, 0) is 27.6 Å². The molecule has 7 heteroatoms. The number of benzene rings is 1. The van der Waals surface area contributed by atoms with Crippen LogP contribution in [0.1, 0.15) is 0 Å². The molecule has 2 aromatic heterocycles. The first-order valence-electron chi connectivity index (χ1n) is 6.14. The lowest BCUT2D eigenvalue weighted by atomic mass is 10.1. The molecule has 108 valence electrons. The van der Waals surface area contributed by atoms with Crippen LogP contribution in [0.2, 0.25) is 0 Å². The zero-order valence-electron chi connectivity index (χ0n) is 11.1. The summed E-state index contributed by atoms with van der Waals surface area (Å²) in [7, 11) is -3.38. The van der Waals surface area contributed by atoms with Crippen LogP contribution < -0.4 is 4.72 Å². The van der Waals surface area contributed by atoms with Gasteiger partial charge in [-0.3, -0.25) is 9.12 Å². The fourth-order valence-electron chi connectivity index (χ4n) is 2.12. The summed E-state index contributed by atoms with van der Waals surface area (Å²) in [4.78, 5) is 4.23. The minimum absolute atomic E-state index is 0.449. The van der Waals surface area contributed by atoms with E-state index in [0.29, 0.717) is 11.3 Å². The molecule has 1 aromatic carbocycles. The van der Waals surface area contributed by atoms with E-state index in [0.717, 1.165) is 22.0 Å². The summed E-state index contributed by atoms with van der Waals surface area (Å²) in [5.74, 6) is 0. The van der Waals surface area contributed by atoms with Gasteiger partial charge in [0.25, 0.3) is 0 Å². The molecule has 0 aliphatic carbocycles. The number of sulfonamides is 1. The Labute approximate surface area is 130 Å². The van der Waals surface area contributed by atoms with Crippen molar-refractivity contribution in [1.29, 1.82) is 0 Å². The smallest absolute Gasteiger partial charge is 0.229 e. The maximum absolute atomic E-state index is 11.5. The van der Waals surface area contributed by atoms with E-state index in [1.54, 1.807) is 16.7 Å². The molecule has 3 aromatic rings. The van der Waals surface area contributed by atoms with Crippen molar-refractivity contribution in [3.63, 3.8) is 0 Å². The number of aromatic nitrogens is 2. The Morgan fingerprint density at radius 1 is 1.19 bits per heavy atom. The second-order valence-corrected chi connectivity index (χ2v) is 7.22. The Morgan fingerprint density at radius 2 is 1.90 bits per heavy atom. The Bertz CT molecular complexity index is 905. The predicted octanol–water partition coefficient (Wildman–Crippen LogP) is 3.14. The number of hydrogen-bond acceptors (Lipinski definition) is 3. The van der Waals surface area contributed by atoms with Crippen molar-refractivity contribution in [1.82, 2.24) is 9.38 Å². The standard InChI is InChI=1S/C14H12BrN3O2S/c1-21(19,20)17-12-7-11(10-5-3-2-4-6-10)9-18-13(15)8-16-14(12)18/h2-9,17H,1H3. The molecule has 0 bridgehead atoms. The Morgan fingerprint density at radius 3 is 2.57 bits per heavy atom. The highest BCUT2D eigenvalue weighted by Gasteiger charge is 2.12. The number of hydrogen-bond donors (Lipinski definition) is 1. The molecule has 0 aliphatic rings. The largest absolute Gasteiger partial charge is 0.292 e. The monoisotopic (exact) mass is 365 g/mol. The third-order valence-corrected chi connectivity index (χ3v) is 4.14. The van der Waals surface area contributed by atoms with E-state index < -0.39 is 10.0 Å². The van der Waals surface area contributed by atoms with E-state index in [1.807, 2.05) is 36.5 Å². The molecule has 0 radical (unpaired) electrons. The lowest BCUT2D eigenvalue weighted by molar-refractivity contribution is 0.607. The van der Waals surface area contributed by atoms with E-state index in [1.165, 1.54) is 0 Å². The van der Waals surface area contributed by atoms with Gasteiger partial charge in [0.2, 0.25) is 10.0 Å². The topological polar surface area (TPSA) is 63.5 Å². The van der Waals surface area contributed by atoms with E-state index in [2.05, 4.69) is 25.6 Å². The summed E-state index contributed by atoms with van der Waals surface area (Å²) in [6.45, 7) is 0. The van der Waals surface area contributed by atoms with Gasteiger partial charge in [-0.25, -0.2) is 13.4 Å². The highest BCUT2D eigenvalue weighted by atomic mass is 79.9. The lowest BCUT2D eigenvalue weighted by Crippen LogP contribution is -2.11. The minimum atomic E-state index is -3.38. The van der Waals surface area contributed by atoms with E-state index in [9.17, 15) is 8.42 Å². The molecule has 0 amide bonds. The van der Waals surface area contributed by atoms with Gasteiger partial charge < -0.3 is 0 Å². The summed E-state index contributed by atoms with van der Waals surface area (Å²) in [5.41, 5.74) is 2.89. The first-order valence-corrected chi connectivity index (χ1v) is 8.82. The Balaban J connectivity index is 2.26. The molecular formula is C14H12BrN3O2S. The highest BCUT2D eigenvalue weighted by Crippen LogP contribution is 2.28. The molecule has 3 rings (SSSR count). The number of nitrogens with one attached hydrogen (secondary N) is 1. The van der Waals surface area contributed by atoms with Gasteiger partial charge in [0.15, 0.2) is 5.65 Å².